The zero-order valence-electron chi connectivity index (χ0n) is 10.1. The van der Waals surface area contributed by atoms with E-state index >= 15 is 0 Å². The van der Waals surface area contributed by atoms with Gasteiger partial charge in [-0.25, -0.2) is 0 Å². The number of hydrogen-bond donors (Lipinski definition) is 2. The first-order chi connectivity index (χ1) is 6.43. The molecular weight excluding hydrogens is 194 g/mol. The van der Waals surface area contributed by atoms with E-state index < -0.39 is 0 Å². The third-order valence-electron chi connectivity index (χ3n) is 2.18. The van der Waals surface area contributed by atoms with Crippen molar-refractivity contribution in [3.63, 3.8) is 0 Å². The summed E-state index contributed by atoms with van der Waals surface area (Å²) < 4.78 is 0. The lowest BCUT2D eigenvalue weighted by molar-refractivity contribution is 0.157. The molecule has 0 saturated carbocycles. The molecule has 86 valence electrons. The fourth-order valence-electron chi connectivity index (χ4n) is 1.84. The molecule has 0 radical (unpaired) electrons. The van der Waals surface area contributed by atoms with E-state index in [4.69, 9.17) is 0 Å². The van der Waals surface area contributed by atoms with Gasteiger partial charge in [-0.3, -0.25) is 0 Å². The molecule has 0 aliphatic rings. The summed E-state index contributed by atoms with van der Waals surface area (Å²) in [6, 6.07) is 0.422. The van der Waals surface area contributed by atoms with E-state index in [9.17, 15) is 5.11 Å². The van der Waals surface area contributed by atoms with E-state index in [1.807, 2.05) is 11.8 Å². The minimum absolute atomic E-state index is 0.129. The van der Waals surface area contributed by atoms with Gasteiger partial charge >= 0.3 is 0 Å². The number of nitrogens with one attached hydrogen (secondary N) is 1. The van der Waals surface area contributed by atoms with E-state index in [0.29, 0.717) is 11.3 Å². The maximum Gasteiger partial charge on any atom is 0.0611 e. The van der Waals surface area contributed by atoms with Crippen LogP contribution < -0.4 is 5.32 Å². The zero-order valence-corrected chi connectivity index (χ0v) is 10.9. The minimum Gasteiger partial charge on any atom is -0.394 e. The average molecular weight is 219 g/mol. The number of aliphatic hydroxyl groups is 1. The lowest BCUT2D eigenvalue weighted by atomic mass is 9.96. The predicted molar refractivity (Wildman–Crippen MR) is 66.0 cm³/mol. The van der Waals surface area contributed by atoms with Crippen LogP contribution in [0.15, 0.2) is 0 Å². The van der Waals surface area contributed by atoms with Gasteiger partial charge in [0.1, 0.15) is 0 Å². The summed E-state index contributed by atoms with van der Waals surface area (Å²) in [6.45, 7) is 10.9. The van der Waals surface area contributed by atoms with Crippen molar-refractivity contribution in [2.45, 2.75) is 57.9 Å². The fourth-order valence-corrected chi connectivity index (χ4v) is 2.90. The fraction of sp³-hybridized carbons (Fsp3) is 1.00. The summed E-state index contributed by atoms with van der Waals surface area (Å²) in [5, 5.41) is 13.4. The van der Waals surface area contributed by atoms with Crippen LogP contribution in [0.5, 0.6) is 0 Å². The summed E-state index contributed by atoms with van der Waals surface area (Å²) in [5.74, 6) is 1.14. The van der Waals surface area contributed by atoms with E-state index in [1.54, 1.807) is 0 Å². The van der Waals surface area contributed by atoms with Crippen molar-refractivity contribution >= 4 is 11.8 Å². The van der Waals surface area contributed by atoms with Crippen LogP contribution in [0.4, 0.5) is 0 Å². The van der Waals surface area contributed by atoms with Gasteiger partial charge in [-0.15, -0.1) is 0 Å². The normalized spacial score (nSPS) is 18.2. The molecule has 0 aliphatic carbocycles. The monoisotopic (exact) mass is 219 g/mol. The van der Waals surface area contributed by atoms with Crippen LogP contribution in [-0.2, 0) is 0 Å². The quantitative estimate of drug-likeness (QED) is 0.689. The molecular formula is C11H25NOS. The summed E-state index contributed by atoms with van der Waals surface area (Å²) in [7, 11) is 0. The Balaban J connectivity index is 4.09. The highest BCUT2D eigenvalue weighted by Crippen LogP contribution is 2.21. The molecule has 2 nitrogen and oxygen atoms in total. The maximum atomic E-state index is 9.38. The zero-order chi connectivity index (χ0) is 11.2. The molecule has 0 fully saturated rings. The summed E-state index contributed by atoms with van der Waals surface area (Å²) in [6.07, 6.45) is 1.01. The van der Waals surface area contributed by atoms with Crippen LogP contribution in [0.3, 0.4) is 0 Å². The topological polar surface area (TPSA) is 32.3 Å². The van der Waals surface area contributed by atoms with Crippen LogP contribution in [-0.4, -0.2) is 34.3 Å². The Kier molecular flexibility index (Phi) is 6.83. The first kappa shape index (κ1) is 14.3. The van der Waals surface area contributed by atoms with Crippen LogP contribution in [0.25, 0.3) is 0 Å². The molecule has 2 atom stereocenters. The van der Waals surface area contributed by atoms with E-state index in [1.165, 1.54) is 0 Å². The number of thioether (sulfide) groups is 1. The van der Waals surface area contributed by atoms with Crippen LogP contribution >= 0.6 is 11.8 Å². The molecule has 0 aromatic carbocycles. The molecule has 0 aromatic rings. The van der Waals surface area contributed by atoms with E-state index in [-0.39, 0.29) is 12.1 Å². The maximum absolute atomic E-state index is 9.38. The molecule has 0 amide bonds. The van der Waals surface area contributed by atoms with Crippen molar-refractivity contribution in [3.05, 3.63) is 0 Å². The van der Waals surface area contributed by atoms with Crippen LogP contribution in [0.2, 0.25) is 0 Å². The number of aliphatic hydroxyl groups excluding tert-OH is 1. The molecule has 0 rings (SSSR count). The van der Waals surface area contributed by atoms with Gasteiger partial charge in [0.05, 0.1) is 6.61 Å². The Labute approximate surface area is 92.9 Å². The average Bonchev–Trinajstić information content (AvgIpc) is 2.02. The van der Waals surface area contributed by atoms with Gasteiger partial charge in [0, 0.05) is 16.8 Å². The summed E-state index contributed by atoms with van der Waals surface area (Å²) in [5.41, 5.74) is -0.129. The Morgan fingerprint density at radius 1 is 1.36 bits per heavy atom. The Morgan fingerprint density at radius 3 is 2.29 bits per heavy atom. The van der Waals surface area contributed by atoms with Gasteiger partial charge in [-0.1, -0.05) is 27.7 Å². The molecule has 0 aromatic heterocycles. The van der Waals surface area contributed by atoms with E-state index in [0.717, 1.165) is 12.2 Å². The minimum atomic E-state index is -0.129. The number of rotatable bonds is 7. The van der Waals surface area contributed by atoms with Crippen molar-refractivity contribution in [1.29, 1.82) is 0 Å². The van der Waals surface area contributed by atoms with E-state index in [2.05, 4.69) is 39.9 Å². The predicted octanol–water partition coefficient (Wildman–Crippen LogP) is 2.27. The van der Waals surface area contributed by atoms with Crippen LogP contribution in [0.1, 0.15) is 41.0 Å². The second-order valence-electron chi connectivity index (χ2n) is 4.49. The highest BCUT2D eigenvalue weighted by atomic mass is 32.2. The van der Waals surface area contributed by atoms with Gasteiger partial charge < -0.3 is 10.4 Å². The highest BCUT2D eigenvalue weighted by Gasteiger charge is 2.26. The second kappa shape index (κ2) is 6.70. The van der Waals surface area contributed by atoms with Crippen molar-refractivity contribution < 1.29 is 5.11 Å². The van der Waals surface area contributed by atoms with Crippen molar-refractivity contribution in [2.75, 3.05) is 12.4 Å². The standard InChI is InChI=1S/C11H25NOS/c1-6-14-10(4)7-11(5,8-13)12-9(2)3/h9-10,12-13H,6-8H2,1-5H3. The van der Waals surface area contributed by atoms with Crippen molar-refractivity contribution in [1.82, 2.24) is 5.32 Å². The smallest absolute Gasteiger partial charge is 0.0611 e. The largest absolute Gasteiger partial charge is 0.394 e. The lowest BCUT2D eigenvalue weighted by Gasteiger charge is -2.33. The van der Waals surface area contributed by atoms with Gasteiger partial charge in [-0.05, 0) is 19.1 Å². The van der Waals surface area contributed by atoms with Crippen molar-refractivity contribution in [2.24, 2.45) is 0 Å². The first-order valence-electron chi connectivity index (χ1n) is 5.43. The van der Waals surface area contributed by atoms with Crippen molar-refractivity contribution in [3.8, 4) is 0 Å². The first-order valence-corrected chi connectivity index (χ1v) is 6.48. The molecule has 0 aliphatic heterocycles. The molecule has 2 unspecified atom stereocenters. The van der Waals surface area contributed by atoms with Gasteiger partial charge in [-0.2, -0.15) is 11.8 Å². The molecule has 0 spiro atoms. The Bertz CT molecular complexity index is 152. The Hall–Kier alpha value is 0.270. The summed E-state index contributed by atoms with van der Waals surface area (Å²) >= 11 is 1.95. The van der Waals surface area contributed by atoms with Gasteiger partial charge in [0.2, 0.25) is 0 Å². The molecule has 14 heavy (non-hydrogen) atoms. The van der Waals surface area contributed by atoms with Gasteiger partial charge in [0.15, 0.2) is 0 Å². The molecule has 3 heteroatoms. The number of hydrogen-bond acceptors (Lipinski definition) is 3. The van der Waals surface area contributed by atoms with Crippen LogP contribution in [0, 0.1) is 0 Å². The molecule has 0 bridgehead atoms. The second-order valence-corrected chi connectivity index (χ2v) is 6.20. The molecule has 0 saturated heterocycles. The highest BCUT2D eigenvalue weighted by molar-refractivity contribution is 7.99. The molecule has 2 N–H and O–H groups in total. The summed E-state index contributed by atoms with van der Waals surface area (Å²) in [4.78, 5) is 0. The SMILES string of the molecule is CCSC(C)CC(C)(CO)NC(C)C. The lowest BCUT2D eigenvalue weighted by Crippen LogP contribution is -2.50. The molecule has 0 heterocycles. The third kappa shape index (κ3) is 5.89. The Morgan fingerprint density at radius 2 is 1.93 bits per heavy atom. The third-order valence-corrected chi connectivity index (χ3v) is 3.24. The van der Waals surface area contributed by atoms with Gasteiger partial charge in [0.25, 0.3) is 0 Å².